The highest BCUT2D eigenvalue weighted by atomic mass is 19.4. The van der Waals surface area contributed by atoms with Gasteiger partial charge in [0.25, 0.3) is 0 Å². The van der Waals surface area contributed by atoms with E-state index in [-0.39, 0.29) is 18.9 Å². The summed E-state index contributed by atoms with van der Waals surface area (Å²) < 4.78 is 49.7. The van der Waals surface area contributed by atoms with Gasteiger partial charge >= 0.3 is 18.2 Å². The number of alkyl carbamates (subject to hydrolysis) is 1. The molecule has 8 heteroatoms. The fraction of sp³-hybridized carbons (Fsp3) is 0.310. The van der Waals surface area contributed by atoms with Crippen molar-refractivity contribution in [1.29, 1.82) is 0 Å². The van der Waals surface area contributed by atoms with Crippen LogP contribution in [0.4, 0.5) is 18.0 Å². The summed E-state index contributed by atoms with van der Waals surface area (Å²) in [5, 5.41) is 2.55. The number of hydrogen-bond acceptors (Lipinski definition) is 4. The van der Waals surface area contributed by atoms with Crippen LogP contribution < -0.4 is 5.32 Å². The molecule has 1 amide bonds. The average molecular weight is 512 g/mol. The molecule has 5 nitrogen and oxygen atoms in total. The van der Waals surface area contributed by atoms with Crippen LogP contribution in [0.1, 0.15) is 48.9 Å². The fourth-order valence-electron chi connectivity index (χ4n) is 4.41. The number of benzene rings is 3. The minimum Gasteiger partial charge on any atom is -0.458 e. The van der Waals surface area contributed by atoms with Crippen molar-refractivity contribution in [3.63, 3.8) is 0 Å². The van der Waals surface area contributed by atoms with E-state index in [9.17, 15) is 22.8 Å². The van der Waals surface area contributed by atoms with Crippen molar-refractivity contribution in [2.24, 2.45) is 0 Å². The van der Waals surface area contributed by atoms with E-state index in [1.807, 2.05) is 48.5 Å². The standard InChI is InChI=1S/C29H28F3NO4/c1-28(2,3)37-26(34)25(16-18-12-14-19(15-13-18)29(30,31)32)33-27(35)36-17-24-22-10-6-4-8-20(22)21-9-5-7-11-23(21)24/h4-15,24-25H,16-17H2,1-3H3,(H,33,35). The number of ether oxygens (including phenoxy) is 2. The summed E-state index contributed by atoms with van der Waals surface area (Å²) in [7, 11) is 0. The zero-order valence-electron chi connectivity index (χ0n) is 20.8. The second kappa shape index (κ2) is 10.3. The van der Waals surface area contributed by atoms with Gasteiger partial charge in [-0.05, 0) is 60.7 Å². The minimum atomic E-state index is -4.47. The summed E-state index contributed by atoms with van der Waals surface area (Å²) in [5.74, 6) is -0.867. The van der Waals surface area contributed by atoms with E-state index in [4.69, 9.17) is 9.47 Å². The third-order valence-corrected chi connectivity index (χ3v) is 6.05. The van der Waals surface area contributed by atoms with Gasteiger partial charge in [-0.25, -0.2) is 9.59 Å². The third kappa shape index (κ3) is 6.31. The highest BCUT2D eigenvalue weighted by Gasteiger charge is 2.32. The Labute approximate surface area is 213 Å². The fourth-order valence-corrected chi connectivity index (χ4v) is 4.41. The Morgan fingerprint density at radius 3 is 1.92 bits per heavy atom. The number of carbonyl (C=O) groups is 2. The topological polar surface area (TPSA) is 64.6 Å². The maximum atomic E-state index is 12.9. The molecule has 194 valence electrons. The molecule has 0 spiro atoms. The molecule has 1 aliphatic carbocycles. The van der Waals surface area contributed by atoms with Gasteiger partial charge in [-0.15, -0.1) is 0 Å². The second-order valence-electron chi connectivity index (χ2n) is 9.95. The van der Waals surface area contributed by atoms with Crippen molar-refractivity contribution in [3.05, 3.63) is 95.1 Å². The van der Waals surface area contributed by atoms with Gasteiger partial charge in [0.05, 0.1) is 5.56 Å². The highest BCUT2D eigenvalue weighted by Crippen LogP contribution is 2.44. The van der Waals surface area contributed by atoms with Crippen LogP contribution in [0.5, 0.6) is 0 Å². The summed E-state index contributed by atoms with van der Waals surface area (Å²) in [6.07, 6.45) is -5.34. The van der Waals surface area contributed by atoms with Gasteiger partial charge in [-0.2, -0.15) is 13.2 Å². The molecule has 0 heterocycles. The van der Waals surface area contributed by atoms with Gasteiger partial charge in [-0.1, -0.05) is 60.7 Å². The Bertz CT molecular complexity index is 1230. The molecule has 1 aliphatic rings. The minimum absolute atomic E-state index is 0.0567. The van der Waals surface area contributed by atoms with Crippen LogP contribution in [-0.4, -0.2) is 30.3 Å². The molecule has 0 bridgehead atoms. The lowest BCUT2D eigenvalue weighted by molar-refractivity contribution is -0.157. The van der Waals surface area contributed by atoms with Crippen molar-refractivity contribution in [2.45, 2.75) is 50.9 Å². The SMILES string of the molecule is CC(C)(C)OC(=O)C(Cc1ccc(C(F)(F)F)cc1)NC(=O)OCC1c2ccccc2-c2ccccc21. The largest absolute Gasteiger partial charge is 0.458 e. The van der Waals surface area contributed by atoms with Gasteiger partial charge in [0, 0.05) is 12.3 Å². The first-order valence-electron chi connectivity index (χ1n) is 11.9. The number of rotatable bonds is 6. The number of carbonyl (C=O) groups excluding carboxylic acids is 2. The van der Waals surface area contributed by atoms with E-state index in [1.165, 1.54) is 12.1 Å². The first-order chi connectivity index (χ1) is 17.4. The molecule has 0 fully saturated rings. The molecule has 0 aromatic heterocycles. The molecule has 1 atom stereocenters. The molecule has 3 aromatic carbocycles. The zero-order chi connectivity index (χ0) is 26.8. The molecular weight excluding hydrogens is 483 g/mol. The number of fused-ring (bicyclic) bond motifs is 3. The normalized spacial score (nSPS) is 13.9. The quantitative estimate of drug-likeness (QED) is 0.384. The lowest BCUT2D eigenvalue weighted by atomic mass is 9.98. The lowest BCUT2D eigenvalue weighted by Crippen LogP contribution is -2.46. The number of esters is 1. The van der Waals surface area contributed by atoms with Gasteiger partial charge in [0.1, 0.15) is 18.2 Å². The van der Waals surface area contributed by atoms with Crippen molar-refractivity contribution in [2.75, 3.05) is 6.61 Å². The number of hydrogen-bond donors (Lipinski definition) is 1. The Morgan fingerprint density at radius 2 is 1.41 bits per heavy atom. The summed E-state index contributed by atoms with van der Waals surface area (Å²) >= 11 is 0. The summed E-state index contributed by atoms with van der Waals surface area (Å²) in [5.41, 5.74) is 3.08. The van der Waals surface area contributed by atoms with Crippen LogP contribution in [0.15, 0.2) is 72.8 Å². The first-order valence-corrected chi connectivity index (χ1v) is 11.9. The second-order valence-corrected chi connectivity index (χ2v) is 9.95. The smallest absolute Gasteiger partial charge is 0.416 e. The molecule has 4 rings (SSSR count). The van der Waals surface area contributed by atoms with Gasteiger partial charge in [-0.3, -0.25) is 0 Å². The molecule has 0 radical (unpaired) electrons. The van der Waals surface area contributed by atoms with Gasteiger partial charge in [0.15, 0.2) is 0 Å². The monoisotopic (exact) mass is 511 g/mol. The van der Waals surface area contributed by atoms with E-state index in [0.717, 1.165) is 34.4 Å². The van der Waals surface area contributed by atoms with Crippen molar-refractivity contribution < 1.29 is 32.2 Å². The Morgan fingerprint density at radius 1 is 0.865 bits per heavy atom. The first kappa shape index (κ1) is 26.3. The molecule has 37 heavy (non-hydrogen) atoms. The number of halogens is 3. The Hall–Kier alpha value is -3.81. The molecule has 0 aliphatic heterocycles. The van der Waals surface area contributed by atoms with Crippen LogP contribution in [0, 0.1) is 0 Å². The average Bonchev–Trinajstić information content (AvgIpc) is 3.15. The Kier molecular flexibility index (Phi) is 7.30. The zero-order valence-corrected chi connectivity index (χ0v) is 20.8. The van der Waals surface area contributed by atoms with E-state index in [0.29, 0.717) is 5.56 Å². The summed E-state index contributed by atoms with van der Waals surface area (Å²) in [6.45, 7) is 5.12. The molecule has 0 saturated heterocycles. The van der Waals surface area contributed by atoms with Crippen LogP contribution in [-0.2, 0) is 26.9 Å². The van der Waals surface area contributed by atoms with Crippen molar-refractivity contribution >= 4 is 12.1 Å². The van der Waals surface area contributed by atoms with E-state index < -0.39 is 35.4 Å². The van der Waals surface area contributed by atoms with E-state index in [2.05, 4.69) is 5.32 Å². The van der Waals surface area contributed by atoms with E-state index >= 15 is 0 Å². The summed E-state index contributed by atoms with van der Waals surface area (Å²) in [6, 6.07) is 19.1. The third-order valence-electron chi connectivity index (χ3n) is 6.05. The maximum absolute atomic E-state index is 12.9. The van der Waals surface area contributed by atoms with Crippen molar-refractivity contribution in [1.82, 2.24) is 5.32 Å². The highest BCUT2D eigenvalue weighted by molar-refractivity contribution is 5.82. The predicted octanol–water partition coefficient (Wildman–Crippen LogP) is 6.50. The maximum Gasteiger partial charge on any atom is 0.416 e. The molecule has 1 unspecified atom stereocenters. The molecule has 0 saturated carbocycles. The molecule has 3 aromatic rings. The predicted molar refractivity (Wildman–Crippen MR) is 133 cm³/mol. The summed E-state index contributed by atoms with van der Waals surface area (Å²) in [4.78, 5) is 25.6. The number of amides is 1. The van der Waals surface area contributed by atoms with Crippen LogP contribution in [0.3, 0.4) is 0 Å². The number of alkyl halides is 3. The van der Waals surface area contributed by atoms with Gasteiger partial charge in [0.2, 0.25) is 0 Å². The van der Waals surface area contributed by atoms with Crippen molar-refractivity contribution in [3.8, 4) is 11.1 Å². The van der Waals surface area contributed by atoms with Gasteiger partial charge < -0.3 is 14.8 Å². The van der Waals surface area contributed by atoms with Crippen LogP contribution >= 0.6 is 0 Å². The Balaban J connectivity index is 1.47. The lowest BCUT2D eigenvalue weighted by Gasteiger charge is -2.25. The van der Waals surface area contributed by atoms with Crippen LogP contribution in [0.2, 0.25) is 0 Å². The number of nitrogens with one attached hydrogen (secondary N) is 1. The molecular formula is C29H28F3NO4. The van der Waals surface area contributed by atoms with Crippen LogP contribution in [0.25, 0.3) is 11.1 Å². The van der Waals surface area contributed by atoms with E-state index in [1.54, 1.807) is 20.8 Å². The molecule has 1 N–H and O–H groups in total.